The van der Waals surface area contributed by atoms with E-state index in [0.717, 1.165) is 6.42 Å². The lowest BCUT2D eigenvalue weighted by Gasteiger charge is -2.29. The van der Waals surface area contributed by atoms with Gasteiger partial charge in [-0.1, -0.05) is 20.3 Å². The Labute approximate surface area is 92.8 Å². The summed E-state index contributed by atoms with van der Waals surface area (Å²) < 4.78 is 0. The summed E-state index contributed by atoms with van der Waals surface area (Å²) in [7, 11) is 0. The second-order valence-corrected chi connectivity index (χ2v) is 6.17. The van der Waals surface area contributed by atoms with Gasteiger partial charge in [-0.25, -0.2) is 0 Å². The minimum atomic E-state index is -0.410. The first-order valence-corrected chi connectivity index (χ1v) is 5.79. The monoisotopic (exact) mass is 212 g/mol. The van der Waals surface area contributed by atoms with Crippen LogP contribution in [0.15, 0.2) is 0 Å². The van der Waals surface area contributed by atoms with Crippen LogP contribution in [0.1, 0.15) is 53.4 Å². The quantitative estimate of drug-likeness (QED) is 0.749. The zero-order valence-corrected chi connectivity index (χ0v) is 10.4. The van der Waals surface area contributed by atoms with Gasteiger partial charge in [-0.15, -0.1) is 0 Å². The molecule has 0 aromatic heterocycles. The molecule has 0 aromatic carbocycles. The molecule has 0 saturated heterocycles. The van der Waals surface area contributed by atoms with Crippen LogP contribution in [0, 0.1) is 5.41 Å². The zero-order valence-electron chi connectivity index (χ0n) is 10.4. The van der Waals surface area contributed by atoms with Gasteiger partial charge < -0.3 is 11.1 Å². The molecule has 0 aliphatic heterocycles. The molecule has 1 atom stereocenters. The molecule has 0 aromatic rings. The fourth-order valence-electron chi connectivity index (χ4n) is 2.25. The number of nitrogens with two attached hydrogens (primary N) is 1. The number of carbonyl (C=O) groups is 1. The third-order valence-corrected chi connectivity index (χ3v) is 3.21. The normalized spacial score (nSPS) is 25.3. The Morgan fingerprint density at radius 2 is 2.13 bits per heavy atom. The van der Waals surface area contributed by atoms with Crippen molar-refractivity contribution >= 4 is 5.91 Å². The number of hydrogen-bond donors (Lipinski definition) is 2. The molecule has 1 fully saturated rings. The predicted octanol–water partition coefficient (Wildman–Crippen LogP) is 1.81. The first kappa shape index (κ1) is 12.5. The average Bonchev–Trinajstić information content (AvgIpc) is 2.26. The van der Waals surface area contributed by atoms with Crippen LogP contribution < -0.4 is 11.1 Å². The second kappa shape index (κ2) is 4.12. The summed E-state index contributed by atoms with van der Waals surface area (Å²) in [5.41, 5.74) is 5.65. The molecule has 3 heteroatoms. The van der Waals surface area contributed by atoms with E-state index in [4.69, 9.17) is 5.73 Å². The number of nitrogens with one attached hydrogen (secondary N) is 1. The minimum Gasteiger partial charge on any atom is -0.353 e. The molecule has 1 unspecified atom stereocenters. The van der Waals surface area contributed by atoms with E-state index >= 15 is 0 Å². The Balaban J connectivity index is 2.45. The van der Waals surface area contributed by atoms with Crippen molar-refractivity contribution in [1.29, 1.82) is 0 Å². The number of amides is 1. The van der Waals surface area contributed by atoms with Gasteiger partial charge >= 0.3 is 0 Å². The summed E-state index contributed by atoms with van der Waals surface area (Å²) in [6.07, 6.45) is 3.91. The van der Waals surface area contributed by atoms with E-state index in [1.54, 1.807) is 0 Å². The van der Waals surface area contributed by atoms with E-state index in [1.165, 1.54) is 12.8 Å². The molecule has 1 aliphatic rings. The maximum absolute atomic E-state index is 11.7. The highest BCUT2D eigenvalue weighted by atomic mass is 16.1. The lowest BCUT2D eigenvalue weighted by Crippen LogP contribution is -2.45. The first-order valence-electron chi connectivity index (χ1n) is 5.79. The highest BCUT2D eigenvalue weighted by molar-refractivity contribution is 5.77. The van der Waals surface area contributed by atoms with Gasteiger partial charge in [-0.05, 0) is 32.1 Å². The van der Waals surface area contributed by atoms with E-state index in [-0.39, 0.29) is 11.3 Å². The van der Waals surface area contributed by atoms with Gasteiger partial charge in [0.25, 0.3) is 0 Å². The lowest BCUT2D eigenvalue weighted by atomic mass is 9.87. The number of carbonyl (C=O) groups excluding carboxylic acids is 1. The predicted molar refractivity (Wildman–Crippen MR) is 62.4 cm³/mol. The van der Waals surface area contributed by atoms with Crippen LogP contribution in [0.3, 0.4) is 0 Å². The summed E-state index contributed by atoms with van der Waals surface area (Å²) in [5, 5.41) is 3.11. The lowest BCUT2D eigenvalue weighted by molar-refractivity contribution is -0.123. The summed E-state index contributed by atoms with van der Waals surface area (Å²) in [4.78, 5) is 11.7. The summed E-state index contributed by atoms with van der Waals surface area (Å²) in [5.74, 6) is 0.0856. The van der Waals surface area contributed by atoms with Crippen LogP contribution in [0.2, 0.25) is 0 Å². The molecule has 88 valence electrons. The molecule has 3 N–H and O–H groups in total. The molecule has 0 spiro atoms. The van der Waals surface area contributed by atoms with Gasteiger partial charge in [0, 0.05) is 18.0 Å². The van der Waals surface area contributed by atoms with Gasteiger partial charge in [0.1, 0.15) is 0 Å². The maximum Gasteiger partial charge on any atom is 0.222 e. The Morgan fingerprint density at radius 1 is 1.53 bits per heavy atom. The smallest absolute Gasteiger partial charge is 0.222 e. The summed E-state index contributed by atoms with van der Waals surface area (Å²) >= 11 is 0. The van der Waals surface area contributed by atoms with Gasteiger partial charge in [0.15, 0.2) is 0 Å². The van der Waals surface area contributed by atoms with Crippen molar-refractivity contribution in [3.05, 3.63) is 0 Å². The fourth-order valence-corrected chi connectivity index (χ4v) is 2.25. The zero-order chi connectivity index (χ0) is 11.7. The van der Waals surface area contributed by atoms with Crippen molar-refractivity contribution < 1.29 is 4.79 Å². The SMILES string of the molecule is CC(C)(N)CC(=O)NC1CCCC1(C)C. The molecule has 1 rings (SSSR count). The number of rotatable bonds is 3. The molecular formula is C12H24N2O. The van der Waals surface area contributed by atoms with E-state index in [0.29, 0.717) is 12.5 Å². The van der Waals surface area contributed by atoms with Crippen LogP contribution >= 0.6 is 0 Å². The molecule has 1 amide bonds. The van der Waals surface area contributed by atoms with Crippen molar-refractivity contribution in [1.82, 2.24) is 5.32 Å². The van der Waals surface area contributed by atoms with Crippen LogP contribution in [-0.2, 0) is 4.79 Å². The Kier molecular flexibility index (Phi) is 3.44. The van der Waals surface area contributed by atoms with Crippen molar-refractivity contribution in [2.75, 3.05) is 0 Å². The van der Waals surface area contributed by atoms with Gasteiger partial charge in [-0.3, -0.25) is 4.79 Å². The second-order valence-electron chi connectivity index (χ2n) is 6.17. The number of hydrogen-bond acceptors (Lipinski definition) is 2. The van der Waals surface area contributed by atoms with Crippen molar-refractivity contribution in [2.45, 2.75) is 65.0 Å². The standard InChI is InChI=1S/C12H24N2O/c1-11(2)7-5-6-9(11)14-10(15)8-12(3,4)13/h9H,5-8,13H2,1-4H3,(H,14,15). The Bertz CT molecular complexity index is 240. The molecule has 0 radical (unpaired) electrons. The van der Waals surface area contributed by atoms with Crippen LogP contribution in [0.4, 0.5) is 0 Å². The maximum atomic E-state index is 11.7. The molecule has 3 nitrogen and oxygen atoms in total. The Morgan fingerprint density at radius 3 is 2.53 bits per heavy atom. The molecule has 0 bridgehead atoms. The largest absolute Gasteiger partial charge is 0.353 e. The van der Waals surface area contributed by atoms with Crippen molar-refractivity contribution in [3.63, 3.8) is 0 Å². The third kappa shape index (κ3) is 3.82. The van der Waals surface area contributed by atoms with Crippen LogP contribution in [0.5, 0.6) is 0 Å². The molecular weight excluding hydrogens is 188 g/mol. The Hall–Kier alpha value is -0.570. The molecule has 1 aliphatic carbocycles. The first-order chi connectivity index (χ1) is 6.71. The van der Waals surface area contributed by atoms with E-state index < -0.39 is 5.54 Å². The van der Waals surface area contributed by atoms with Crippen molar-refractivity contribution in [3.8, 4) is 0 Å². The van der Waals surface area contributed by atoms with Crippen LogP contribution in [0.25, 0.3) is 0 Å². The van der Waals surface area contributed by atoms with Gasteiger partial charge in [-0.2, -0.15) is 0 Å². The van der Waals surface area contributed by atoms with E-state index in [1.807, 2.05) is 13.8 Å². The van der Waals surface area contributed by atoms with E-state index in [2.05, 4.69) is 19.2 Å². The fraction of sp³-hybridized carbons (Fsp3) is 0.917. The van der Waals surface area contributed by atoms with Crippen molar-refractivity contribution in [2.24, 2.45) is 11.1 Å². The highest BCUT2D eigenvalue weighted by Gasteiger charge is 2.35. The summed E-state index contributed by atoms with van der Waals surface area (Å²) in [6, 6.07) is 0.326. The van der Waals surface area contributed by atoms with Gasteiger partial charge in [0.05, 0.1) is 0 Å². The molecule has 1 saturated carbocycles. The van der Waals surface area contributed by atoms with Crippen LogP contribution in [-0.4, -0.2) is 17.5 Å². The topological polar surface area (TPSA) is 55.1 Å². The minimum absolute atomic E-state index is 0.0856. The molecule has 15 heavy (non-hydrogen) atoms. The molecule has 0 heterocycles. The average molecular weight is 212 g/mol. The third-order valence-electron chi connectivity index (χ3n) is 3.21. The van der Waals surface area contributed by atoms with Gasteiger partial charge in [0.2, 0.25) is 5.91 Å². The summed E-state index contributed by atoms with van der Waals surface area (Å²) in [6.45, 7) is 8.20. The highest BCUT2D eigenvalue weighted by Crippen LogP contribution is 2.37. The van der Waals surface area contributed by atoms with E-state index in [9.17, 15) is 4.79 Å².